The van der Waals surface area contributed by atoms with Crippen molar-refractivity contribution in [3.8, 4) is 0 Å². The zero-order valence-electron chi connectivity index (χ0n) is 9.38. The van der Waals surface area contributed by atoms with E-state index in [1.54, 1.807) is 6.07 Å². The Morgan fingerprint density at radius 1 is 1.65 bits per heavy atom. The van der Waals surface area contributed by atoms with E-state index in [9.17, 15) is 0 Å². The van der Waals surface area contributed by atoms with Gasteiger partial charge in [0.2, 0.25) is 0 Å². The molecular weight excluding hydrogens is 242 g/mol. The van der Waals surface area contributed by atoms with E-state index >= 15 is 0 Å². The van der Waals surface area contributed by atoms with Crippen LogP contribution in [0.3, 0.4) is 0 Å². The molecule has 0 aromatic carbocycles. The summed E-state index contributed by atoms with van der Waals surface area (Å²) in [5.41, 5.74) is 0. The molecule has 2 fully saturated rings. The minimum Gasteiger partial charge on any atom is -0.388 e. The van der Waals surface area contributed by atoms with Crippen molar-refractivity contribution >= 4 is 17.8 Å². The van der Waals surface area contributed by atoms with Crippen molar-refractivity contribution in [1.82, 2.24) is 10.1 Å². The van der Waals surface area contributed by atoms with Gasteiger partial charge in [-0.3, -0.25) is 0 Å². The molecule has 3 rings (SSSR count). The van der Waals surface area contributed by atoms with Gasteiger partial charge in [-0.2, -0.15) is 0 Å². The molecule has 1 aromatic heterocycles. The molecule has 17 heavy (non-hydrogen) atoms. The maximum atomic E-state index is 5.62. The molecule has 0 amide bonds. The maximum absolute atomic E-state index is 5.62. The standard InChI is InChI=1S/C11H14ClN3O2/c12-11-3-10(17-14-11)7-16-13-4-9-6-15-2-1-8(9)5-15/h3-4,8-9H,1-2,5-7H2/b13-4+. The number of oxime groups is 1. The number of nitrogens with zero attached hydrogens (tertiary/aromatic N) is 3. The highest BCUT2D eigenvalue weighted by Crippen LogP contribution is 2.31. The predicted octanol–water partition coefficient (Wildman–Crippen LogP) is 1.78. The summed E-state index contributed by atoms with van der Waals surface area (Å²) >= 11 is 5.62. The molecule has 6 heteroatoms. The maximum Gasteiger partial charge on any atom is 0.178 e. The Bertz CT molecular complexity index is 421. The molecule has 3 unspecified atom stereocenters. The Morgan fingerprint density at radius 2 is 2.59 bits per heavy atom. The first-order chi connectivity index (χ1) is 8.31. The molecule has 2 aliphatic heterocycles. The lowest BCUT2D eigenvalue weighted by Crippen LogP contribution is -2.24. The summed E-state index contributed by atoms with van der Waals surface area (Å²) in [6.07, 6.45) is 3.20. The number of piperidine rings is 1. The van der Waals surface area contributed by atoms with E-state index < -0.39 is 0 Å². The van der Waals surface area contributed by atoms with Gasteiger partial charge in [-0.05, 0) is 18.9 Å². The summed E-state index contributed by atoms with van der Waals surface area (Å²) in [5.74, 6) is 1.90. The van der Waals surface area contributed by atoms with Gasteiger partial charge in [0.25, 0.3) is 0 Å². The van der Waals surface area contributed by atoms with Gasteiger partial charge < -0.3 is 14.3 Å². The monoisotopic (exact) mass is 255 g/mol. The molecular formula is C11H14ClN3O2. The van der Waals surface area contributed by atoms with Crippen LogP contribution in [0.2, 0.25) is 5.15 Å². The van der Waals surface area contributed by atoms with Crippen molar-refractivity contribution in [3.05, 3.63) is 17.0 Å². The second-order valence-corrected chi connectivity index (χ2v) is 5.00. The van der Waals surface area contributed by atoms with E-state index in [1.807, 2.05) is 6.21 Å². The summed E-state index contributed by atoms with van der Waals surface area (Å²) in [4.78, 5) is 7.63. The molecule has 0 radical (unpaired) electrons. The average Bonchev–Trinajstić information content (AvgIpc) is 3.00. The Labute approximate surface area is 104 Å². The number of fused-ring (bicyclic) bond motifs is 2. The third-order valence-corrected chi connectivity index (χ3v) is 3.63. The van der Waals surface area contributed by atoms with Crippen molar-refractivity contribution < 1.29 is 9.36 Å². The molecule has 92 valence electrons. The molecule has 0 spiro atoms. The Hall–Kier alpha value is -1.07. The van der Waals surface area contributed by atoms with Crippen molar-refractivity contribution in [2.24, 2.45) is 17.0 Å². The molecule has 1 aromatic rings. The van der Waals surface area contributed by atoms with Gasteiger partial charge in [-0.15, -0.1) is 0 Å². The Kier molecular flexibility index (Phi) is 3.03. The topological polar surface area (TPSA) is 50.9 Å². The molecule has 2 aliphatic rings. The lowest BCUT2D eigenvalue weighted by Gasteiger charge is -2.17. The fourth-order valence-corrected chi connectivity index (χ4v) is 2.73. The highest BCUT2D eigenvalue weighted by Gasteiger charge is 2.36. The molecule has 3 atom stereocenters. The van der Waals surface area contributed by atoms with Gasteiger partial charge in [-0.25, -0.2) is 0 Å². The van der Waals surface area contributed by atoms with Crippen LogP contribution in [0.5, 0.6) is 0 Å². The smallest absolute Gasteiger partial charge is 0.178 e. The zero-order valence-corrected chi connectivity index (χ0v) is 10.1. The van der Waals surface area contributed by atoms with E-state index in [0.717, 1.165) is 12.5 Å². The molecule has 2 saturated heterocycles. The molecule has 3 heterocycles. The van der Waals surface area contributed by atoms with Crippen LogP contribution < -0.4 is 0 Å². The minimum absolute atomic E-state index is 0.275. The normalized spacial score (nSPS) is 31.5. The first kappa shape index (κ1) is 11.0. The number of hydrogen-bond donors (Lipinski definition) is 0. The quantitative estimate of drug-likeness (QED) is 0.608. The number of halogens is 1. The van der Waals surface area contributed by atoms with Crippen molar-refractivity contribution in [2.75, 3.05) is 19.6 Å². The SMILES string of the molecule is Clc1cc(CO/N=C/C2CN3CCC2C3)on1. The van der Waals surface area contributed by atoms with Crippen LogP contribution in [0.1, 0.15) is 12.2 Å². The third kappa shape index (κ3) is 2.45. The molecule has 2 bridgehead atoms. The van der Waals surface area contributed by atoms with Crippen LogP contribution in [-0.4, -0.2) is 35.9 Å². The van der Waals surface area contributed by atoms with E-state index in [2.05, 4.69) is 15.2 Å². The van der Waals surface area contributed by atoms with E-state index in [1.165, 1.54) is 19.5 Å². The average molecular weight is 256 g/mol. The molecule has 0 aliphatic carbocycles. The summed E-state index contributed by atoms with van der Waals surface area (Å²) in [6.45, 7) is 3.85. The Balaban J connectivity index is 1.45. The van der Waals surface area contributed by atoms with Crippen LogP contribution in [-0.2, 0) is 11.4 Å². The van der Waals surface area contributed by atoms with Crippen LogP contribution in [0.25, 0.3) is 0 Å². The number of hydrogen-bond acceptors (Lipinski definition) is 5. The lowest BCUT2D eigenvalue weighted by molar-refractivity contribution is 0.109. The van der Waals surface area contributed by atoms with Gasteiger partial charge in [0.1, 0.15) is 0 Å². The minimum atomic E-state index is 0.275. The predicted molar refractivity (Wildman–Crippen MR) is 62.8 cm³/mol. The van der Waals surface area contributed by atoms with Crippen LogP contribution in [0, 0.1) is 11.8 Å². The van der Waals surface area contributed by atoms with Crippen LogP contribution in [0.15, 0.2) is 15.7 Å². The van der Waals surface area contributed by atoms with E-state index in [-0.39, 0.29) is 6.61 Å². The number of aromatic nitrogens is 1. The second-order valence-electron chi connectivity index (χ2n) is 4.62. The number of rotatable bonds is 4. The molecule has 5 nitrogen and oxygen atoms in total. The summed E-state index contributed by atoms with van der Waals surface area (Å²) in [5, 5.41) is 7.89. The first-order valence-electron chi connectivity index (χ1n) is 5.80. The van der Waals surface area contributed by atoms with Crippen molar-refractivity contribution in [2.45, 2.75) is 13.0 Å². The van der Waals surface area contributed by atoms with Crippen LogP contribution in [0.4, 0.5) is 0 Å². The Morgan fingerprint density at radius 3 is 3.24 bits per heavy atom. The summed E-state index contributed by atoms with van der Waals surface area (Å²) < 4.78 is 4.90. The second kappa shape index (κ2) is 4.66. The molecule has 0 saturated carbocycles. The van der Waals surface area contributed by atoms with Gasteiger partial charge in [0.15, 0.2) is 17.5 Å². The third-order valence-electron chi connectivity index (χ3n) is 3.45. The van der Waals surface area contributed by atoms with Gasteiger partial charge in [-0.1, -0.05) is 21.9 Å². The molecule has 0 N–H and O–H groups in total. The van der Waals surface area contributed by atoms with Crippen LogP contribution >= 0.6 is 11.6 Å². The van der Waals surface area contributed by atoms with Crippen molar-refractivity contribution in [1.29, 1.82) is 0 Å². The van der Waals surface area contributed by atoms with Gasteiger partial charge in [0.05, 0.1) is 0 Å². The highest BCUT2D eigenvalue weighted by molar-refractivity contribution is 6.29. The van der Waals surface area contributed by atoms with E-state index in [0.29, 0.717) is 16.8 Å². The fraction of sp³-hybridized carbons (Fsp3) is 0.636. The van der Waals surface area contributed by atoms with E-state index in [4.69, 9.17) is 21.0 Å². The van der Waals surface area contributed by atoms with Gasteiger partial charge >= 0.3 is 0 Å². The lowest BCUT2D eigenvalue weighted by atomic mass is 9.94. The highest BCUT2D eigenvalue weighted by atomic mass is 35.5. The van der Waals surface area contributed by atoms with Gasteiger partial charge in [0, 0.05) is 31.3 Å². The zero-order chi connectivity index (χ0) is 11.7. The first-order valence-corrected chi connectivity index (χ1v) is 6.18. The van der Waals surface area contributed by atoms with Crippen molar-refractivity contribution in [3.63, 3.8) is 0 Å². The summed E-state index contributed by atoms with van der Waals surface area (Å²) in [6, 6.07) is 1.63. The largest absolute Gasteiger partial charge is 0.388 e. The summed E-state index contributed by atoms with van der Waals surface area (Å²) in [7, 11) is 0. The fourth-order valence-electron chi connectivity index (χ4n) is 2.57.